The first-order valence-corrected chi connectivity index (χ1v) is 12.5. The van der Waals surface area contributed by atoms with Gasteiger partial charge in [-0.15, -0.1) is 15.3 Å². The molecule has 0 unspecified atom stereocenters. The van der Waals surface area contributed by atoms with E-state index in [1.807, 2.05) is 65.2 Å². The number of unbranched alkanes of at least 4 members (excludes halogenated alkanes) is 1. The quantitative estimate of drug-likeness (QED) is 0.265. The summed E-state index contributed by atoms with van der Waals surface area (Å²) in [6, 6.07) is 25.4. The van der Waals surface area contributed by atoms with E-state index in [1.54, 1.807) is 18.2 Å². The summed E-state index contributed by atoms with van der Waals surface area (Å²) in [5.74, 6) is 1.00. The van der Waals surface area contributed by atoms with E-state index >= 15 is 0 Å². The molecule has 192 valence electrons. The normalized spacial score (nSPS) is 10.9. The molecular formula is C28H28N8O2. The Kier molecular flexibility index (Phi) is 7.78. The number of carbonyl (C=O) groups is 1. The van der Waals surface area contributed by atoms with Crippen molar-refractivity contribution in [3.8, 4) is 17.4 Å². The van der Waals surface area contributed by atoms with Crippen molar-refractivity contribution in [3.05, 3.63) is 101 Å². The van der Waals surface area contributed by atoms with Gasteiger partial charge >= 0.3 is 6.01 Å². The molecule has 0 radical (unpaired) electrons. The second-order valence-electron chi connectivity index (χ2n) is 8.79. The predicted molar refractivity (Wildman–Crippen MR) is 143 cm³/mol. The summed E-state index contributed by atoms with van der Waals surface area (Å²) in [7, 11) is 0. The standard InChI is InChI=1S/C28H28N8O2/c1-2-3-13-25-30-33-28(38-19-21-9-5-4-6-10-21)36(25)18-20-14-16-22(17-15-20)29-27(37)24-12-8-7-11-23(24)26-31-34-35-32-26/h4-12,14-17H,2-3,13,18-19H2,1H3,(H,29,37)(H,31,32,34,35). The molecular weight excluding hydrogens is 480 g/mol. The number of benzene rings is 3. The molecule has 2 heterocycles. The minimum absolute atomic E-state index is 0.254. The first kappa shape index (κ1) is 24.8. The molecule has 0 spiro atoms. The third kappa shape index (κ3) is 5.92. The Labute approximate surface area is 220 Å². The van der Waals surface area contributed by atoms with E-state index in [-0.39, 0.29) is 5.91 Å². The van der Waals surface area contributed by atoms with Crippen LogP contribution in [-0.4, -0.2) is 41.3 Å². The van der Waals surface area contributed by atoms with Crippen molar-refractivity contribution >= 4 is 11.6 Å². The van der Waals surface area contributed by atoms with Gasteiger partial charge in [-0.2, -0.15) is 5.21 Å². The van der Waals surface area contributed by atoms with Crippen LogP contribution in [0.2, 0.25) is 0 Å². The number of aryl methyl sites for hydroxylation is 1. The van der Waals surface area contributed by atoms with E-state index < -0.39 is 0 Å². The second-order valence-corrected chi connectivity index (χ2v) is 8.79. The van der Waals surface area contributed by atoms with Crippen molar-refractivity contribution in [1.82, 2.24) is 35.4 Å². The van der Waals surface area contributed by atoms with Crippen molar-refractivity contribution in [3.63, 3.8) is 0 Å². The summed E-state index contributed by atoms with van der Waals surface area (Å²) < 4.78 is 8.06. The van der Waals surface area contributed by atoms with Gasteiger partial charge < -0.3 is 10.1 Å². The summed E-state index contributed by atoms with van der Waals surface area (Å²) in [6.07, 6.45) is 2.91. The smallest absolute Gasteiger partial charge is 0.317 e. The van der Waals surface area contributed by atoms with Gasteiger partial charge in [0.15, 0.2) is 0 Å². The van der Waals surface area contributed by atoms with E-state index in [2.05, 4.69) is 43.1 Å². The molecule has 10 nitrogen and oxygen atoms in total. The van der Waals surface area contributed by atoms with Gasteiger partial charge in [0.05, 0.1) is 12.1 Å². The maximum Gasteiger partial charge on any atom is 0.317 e. The summed E-state index contributed by atoms with van der Waals surface area (Å²) in [6.45, 7) is 3.13. The van der Waals surface area contributed by atoms with Crippen LogP contribution in [0.3, 0.4) is 0 Å². The number of amides is 1. The van der Waals surface area contributed by atoms with Crippen LogP contribution in [-0.2, 0) is 19.6 Å². The molecule has 0 bridgehead atoms. The number of aromatic nitrogens is 7. The maximum atomic E-state index is 13.0. The van der Waals surface area contributed by atoms with Gasteiger partial charge in [0.2, 0.25) is 5.82 Å². The van der Waals surface area contributed by atoms with Crippen LogP contribution in [0.5, 0.6) is 6.01 Å². The maximum absolute atomic E-state index is 13.0. The van der Waals surface area contributed by atoms with E-state index in [0.717, 1.165) is 36.2 Å². The number of hydrogen-bond donors (Lipinski definition) is 2. The molecule has 0 saturated heterocycles. The lowest BCUT2D eigenvalue weighted by Crippen LogP contribution is -2.13. The first-order chi connectivity index (χ1) is 18.7. The van der Waals surface area contributed by atoms with Gasteiger partial charge in [0, 0.05) is 17.7 Å². The molecule has 0 fully saturated rings. The van der Waals surface area contributed by atoms with E-state index in [9.17, 15) is 4.79 Å². The topological polar surface area (TPSA) is 124 Å². The highest BCUT2D eigenvalue weighted by Crippen LogP contribution is 2.22. The summed E-state index contributed by atoms with van der Waals surface area (Å²) in [5.41, 5.74) is 3.85. The first-order valence-electron chi connectivity index (χ1n) is 12.5. The highest BCUT2D eigenvalue weighted by Gasteiger charge is 2.16. The lowest BCUT2D eigenvalue weighted by molar-refractivity contribution is 0.102. The zero-order chi connectivity index (χ0) is 26.2. The Balaban J connectivity index is 1.29. The van der Waals surface area contributed by atoms with Crippen molar-refractivity contribution in [1.29, 1.82) is 0 Å². The van der Waals surface area contributed by atoms with Gasteiger partial charge in [-0.3, -0.25) is 9.36 Å². The SMILES string of the molecule is CCCCc1nnc(OCc2ccccc2)n1Cc1ccc(NC(=O)c2ccccc2-c2nn[nH]n2)cc1. The molecule has 0 aliphatic rings. The Bertz CT molecular complexity index is 1460. The third-order valence-corrected chi connectivity index (χ3v) is 6.07. The number of anilines is 1. The number of nitrogens with zero attached hydrogens (tertiary/aromatic N) is 6. The minimum atomic E-state index is -0.254. The van der Waals surface area contributed by atoms with Gasteiger partial charge in [-0.25, -0.2) is 0 Å². The van der Waals surface area contributed by atoms with E-state index in [1.165, 1.54) is 0 Å². The summed E-state index contributed by atoms with van der Waals surface area (Å²) in [4.78, 5) is 13.0. The molecule has 0 aliphatic carbocycles. The fraction of sp³-hybridized carbons (Fsp3) is 0.214. The van der Waals surface area contributed by atoms with Crippen LogP contribution < -0.4 is 10.1 Å². The Morgan fingerprint density at radius 1 is 0.921 bits per heavy atom. The lowest BCUT2D eigenvalue weighted by Gasteiger charge is -2.12. The Morgan fingerprint density at radius 2 is 1.71 bits per heavy atom. The van der Waals surface area contributed by atoms with Crippen LogP contribution in [0.1, 0.15) is 47.1 Å². The average molecular weight is 509 g/mol. The third-order valence-electron chi connectivity index (χ3n) is 6.07. The van der Waals surface area contributed by atoms with Crippen LogP contribution >= 0.6 is 0 Å². The predicted octanol–water partition coefficient (Wildman–Crippen LogP) is 4.68. The number of rotatable bonds is 11. The molecule has 10 heteroatoms. The number of tetrazole rings is 1. The number of aromatic amines is 1. The molecule has 0 atom stereocenters. The van der Waals surface area contributed by atoms with Crippen molar-refractivity contribution in [2.24, 2.45) is 0 Å². The van der Waals surface area contributed by atoms with Gasteiger partial charge in [0.25, 0.3) is 5.91 Å². The fourth-order valence-electron chi connectivity index (χ4n) is 4.05. The summed E-state index contributed by atoms with van der Waals surface area (Å²) >= 11 is 0. The molecule has 38 heavy (non-hydrogen) atoms. The molecule has 5 rings (SSSR count). The molecule has 5 aromatic rings. The molecule has 3 aromatic carbocycles. The fourth-order valence-corrected chi connectivity index (χ4v) is 4.05. The average Bonchev–Trinajstić information content (AvgIpc) is 3.63. The van der Waals surface area contributed by atoms with Crippen LogP contribution in [0.15, 0.2) is 78.9 Å². The Hall–Kier alpha value is -4.86. The number of H-pyrrole nitrogens is 1. The number of carbonyl (C=O) groups excluding carboxylic acids is 1. The zero-order valence-electron chi connectivity index (χ0n) is 21.0. The second kappa shape index (κ2) is 11.9. The molecule has 2 aromatic heterocycles. The highest BCUT2D eigenvalue weighted by atomic mass is 16.5. The van der Waals surface area contributed by atoms with E-state index in [4.69, 9.17) is 4.74 Å². The number of nitrogens with one attached hydrogen (secondary N) is 2. The van der Waals surface area contributed by atoms with Gasteiger partial charge in [-0.05, 0) is 41.0 Å². The lowest BCUT2D eigenvalue weighted by atomic mass is 10.1. The van der Waals surface area contributed by atoms with Gasteiger partial charge in [0.1, 0.15) is 12.4 Å². The van der Waals surface area contributed by atoms with E-state index in [0.29, 0.717) is 41.8 Å². The monoisotopic (exact) mass is 508 g/mol. The largest absolute Gasteiger partial charge is 0.459 e. The number of ether oxygens (including phenoxy) is 1. The van der Waals surface area contributed by atoms with Crippen LogP contribution in [0, 0.1) is 0 Å². The zero-order valence-corrected chi connectivity index (χ0v) is 21.0. The van der Waals surface area contributed by atoms with Crippen molar-refractivity contribution in [2.75, 3.05) is 5.32 Å². The molecule has 1 amide bonds. The molecule has 2 N–H and O–H groups in total. The number of hydrogen-bond acceptors (Lipinski definition) is 7. The summed E-state index contributed by atoms with van der Waals surface area (Å²) in [5, 5.41) is 25.7. The Morgan fingerprint density at radius 3 is 2.47 bits per heavy atom. The minimum Gasteiger partial charge on any atom is -0.459 e. The molecule has 0 saturated carbocycles. The van der Waals surface area contributed by atoms with Crippen LogP contribution in [0.25, 0.3) is 11.4 Å². The highest BCUT2D eigenvalue weighted by molar-refractivity contribution is 6.08. The van der Waals surface area contributed by atoms with Crippen molar-refractivity contribution < 1.29 is 9.53 Å². The van der Waals surface area contributed by atoms with Crippen LogP contribution in [0.4, 0.5) is 5.69 Å². The van der Waals surface area contributed by atoms with Crippen molar-refractivity contribution in [2.45, 2.75) is 39.3 Å². The van der Waals surface area contributed by atoms with Gasteiger partial charge in [-0.1, -0.05) is 79.1 Å². The molecule has 0 aliphatic heterocycles.